The Labute approximate surface area is 122 Å². The molecule has 2 nitrogen and oxygen atoms in total. The maximum absolute atomic E-state index is 12.2. The van der Waals surface area contributed by atoms with Crippen molar-refractivity contribution in [2.24, 2.45) is 5.92 Å². The van der Waals surface area contributed by atoms with E-state index in [0.29, 0.717) is 17.5 Å². The van der Waals surface area contributed by atoms with Gasteiger partial charge in [-0.25, -0.2) is 0 Å². The molecule has 0 heterocycles. The van der Waals surface area contributed by atoms with Crippen LogP contribution in [0.25, 0.3) is 0 Å². The molecule has 0 spiro atoms. The van der Waals surface area contributed by atoms with Crippen LogP contribution in [0.3, 0.4) is 0 Å². The van der Waals surface area contributed by atoms with Crippen molar-refractivity contribution in [2.45, 2.75) is 43.5 Å². The lowest BCUT2D eigenvalue weighted by molar-refractivity contribution is 0.0920. The summed E-state index contributed by atoms with van der Waals surface area (Å²) < 4.78 is 0.821. The van der Waals surface area contributed by atoms with Crippen LogP contribution in [0.15, 0.2) is 27.6 Å². The van der Waals surface area contributed by atoms with Gasteiger partial charge in [-0.05, 0) is 52.9 Å². The summed E-state index contributed by atoms with van der Waals surface area (Å²) in [6.45, 7) is 2.25. The molecule has 2 atom stereocenters. The number of hydrogen-bond acceptors (Lipinski definition) is 2. The van der Waals surface area contributed by atoms with Crippen molar-refractivity contribution in [2.75, 3.05) is 0 Å². The van der Waals surface area contributed by atoms with Crippen molar-refractivity contribution >= 4 is 34.5 Å². The second-order valence-electron chi connectivity index (χ2n) is 5.11. The third kappa shape index (κ3) is 3.51. The minimum Gasteiger partial charge on any atom is -0.349 e. The van der Waals surface area contributed by atoms with Gasteiger partial charge in [0.2, 0.25) is 0 Å². The van der Waals surface area contributed by atoms with E-state index in [2.05, 4.69) is 40.8 Å². The Morgan fingerprint density at radius 2 is 2.22 bits per heavy atom. The van der Waals surface area contributed by atoms with Gasteiger partial charge in [-0.2, -0.15) is 0 Å². The number of benzene rings is 1. The first kappa shape index (κ1) is 13.9. The third-order valence-corrected chi connectivity index (χ3v) is 4.44. The molecular weight excluding hydrogens is 310 g/mol. The first-order chi connectivity index (χ1) is 8.56. The number of thiol groups is 1. The Hall–Kier alpha value is -0.480. The number of rotatable bonds is 2. The van der Waals surface area contributed by atoms with Crippen LogP contribution in [0.1, 0.15) is 43.0 Å². The molecule has 1 aromatic rings. The molecule has 1 aromatic carbocycles. The Morgan fingerprint density at radius 1 is 1.44 bits per heavy atom. The molecule has 0 saturated heterocycles. The summed E-state index contributed by atoms with van der Waals surface area (Å²) in [5.41, 5.74) is 0.667. The molecule has 0 aliphatic heterocycles. The number of halogens is 1. The SMILES string of the molecule is CC1CCCC(NC(=O)c2cc(S)ccc2Br)C1. The van der Waals surface area contributed by atoms with Crippen molar-refractivity contribution in [3.05, 3.63) is 28.2 Å². The zero-order valence-corrected chi connectivity index (χ0v) is 12.9. The highest BCUT2D eigenvalue weighted by Gasteiger charge is 2.21. The summed E-state index contributed by atoms with van der Waals surface area (Å²) in [6.07, 6.45) is 4.67. The van der Waals surface area contributed by atoms with Crippen LogP contribution in [0, 0.1) is 5.92 Å². The Morgan fingerprint density at radius 3 is 2.94 bits per heavy atom. The van der Waals surface area contributed by atoms with Crippen LogP contribution in [0.5, 0.6) is 0 Å². The first-order valence-electron chi connectivity index (χ1n) is 6.35. The van der Waals surface area contributed by atoms with Crippen molar-refractivity contribution in [1.29, 1.82) is 0 Å². The minimum absolute atomic E-state index is 0.00289. The monoisotopic (exact) mass is 327 g/mol. The normalized spacial score (nSPS) is 23.7. The molecule has 0 aromatic heterocycles. The summed E-state index contributed by atoms with van der Waals surface area (Å²) in [4.78, 5) is 13.0. The van der Waals surface area contributed by atoms with Crippen LogP contribution in [-0.4, -0.2) is 11.9 Å². The number of nitrogens with one attached hydrogen (secondary N) is 1. The molecule has 0 radical (unpaired) electrons. The van der Waals surface area contributed by atoms with E-state index in [0.717, 1.165) is 22.2 Å². The highest BCUT2D eigenvalue weighted by molar-refractivity contribution is 9.10. The van der Waals surface area contributed by atoms with E-state index in [1.165, 1.54) is 12.8 Å². The highest BCUT2D eigenvalue weighted by Crippen LogP contribution is 2.25. The van der Waals surface area contributed by atoms with Crippen molar-refractivity contribution in [3.63, 3.8) is 0 Å². The molecule has 1 fully saturated rings. The summed E-state index contributed by atoms with van der Waals surface area (Å²) >= 11 is 7.69. The Bertz CT molecular complexity index is 449. The van der Waals surface area contributed by atoms with Gasteiger partial charge in [0.05, 0.1) is 5.56 Å². The maximum atomic E-state index is 12.2. The zero-order chi connectivity index (χ0) is 13.1. The molecule has 2 unspecified atom stereocenters. The van der Waals surface area contributed by atoms with E-state index in [9.17, 15) is 4.79 Å². The van der Waals surface area contributed by atoms with E-state index in [1.807, 2.05) is 12.1 Å². The molecule has 98 valence electrons. The number of amides is 1. The molecule has 0 bridgehead atoms. The standard InChI is InChI=1S/C14H18BrNOS/c1-9-3-2-4-10(7-9)16-14(17)12-8-11(18)5-6-13(12)15/h5-6,8-10,18H,2-4,7H2,1H3,(H,16,17). The molecular formula is C14H18BrNOS. The topological polar surface area (TPSA) is 29.1 Å². The fraction of sp³-hybridized carbons (Fsp3) is 0.500. The van der Waals surface area contributed by atoms with Crippen molar-refractivity contribution in [1.82, 2.24) is 5.32 Å². The molecule has 2 rings (SSSR count). The van der Waals surface area contributed by atoms with Crippen LogP contribution in [0.2, 0.25) is 0 Å². The molecule has 1 aliphatic carbocycles. The Kier molecular flexibility index (Phi) is 4.73. The molecule has 4 heteroatoms. The molecule has 1 N–H and O–H groups in total. The Balaban J connectivity index is 2.05. The van der Waals surface area contributed by atoms with Crippen molar-refractivity contribution < 1.29 is 4.79 Å². The first-order valence-corrected chi connectivity index (χ1v) is 7.59. The smallest absolute Gasteiger partial charge is 0.252 e. The third-order valence-electron chi connectivity index (χ3n) is 3.47. The highest BCUT2D eigenvalue weighted by atomic mass is 79.9. The number of carbonyl (C=O) groups is 1. The van der Waals surface area contributed by atoms with Gasteiger partial charge >= 0.3 is 0 Å². The lowest BCUT2D eigenvalue weighted by Crippen LogP contribution is -2.38. The van der Waals surface area contributed by atoms with Gasteiger partial charge in [-0.3, -0.25) is 4.79 Å². The minimum atomic E-state index is -0.00289. The van der Waals surface area contributed by atoms with Gasteiger partial charge in [0.25, 0.3) is 5.91 Å². The molecule has 1 amide bonds. The summed E-state index contributed by atoms with van der Waals surface area (Å²) in [5, 5.41) is 3.13. The molecule has 1 saturated carbocycles. The van der Waals surface area contributed by atoms with Gasteiger partial charge in [-0.15, -0.1) is 12.6 Å². The largest absolute Gasteiger partial charge is 0.349 e. The van der Waals surface area contributed by atoms with Crippen molar-refractivity contribution in [3.8, 4) is 0 Å². The van der Waals surface area contributed by atoms with Crippen LogP contribution in [0.4, 0.5) is 0 Å². The average Bonchev–Trinajstić information content (AvgIpc) is 2.32. The second-order valence-corrected chi connectivity index (χ2v) is 6.48. The quantitative estimate of drug-likeness (QED) is 0.788. The fourth-order valence-corrected chi connectivity index (χ4v) is 3.15. The van der Waals surface area contributed by atoms with Gasteiger partial charge in [0.15, 0.2) is 0 Å². The summed E-state index contributed by atoms with van der Waals surface area (Å²) in [6, 6.07) is 5.85. The van der Waals surface area contributed by atoms with E-state index < -0.39 is 0 Å². The fourth-order valence-electron chi connectivity index (χ4n) is 2.52. The number of carbonyl (C=O) groups excluding carboxylic acids is 1. The summed E-state index contributed by atoms with van der Waals surface area (Å²) in [7, 11) is 0. The van der Waals surface area contributed by atoms with Crippen LogP contribution < -0.4 is 5.32 Å². The maximum Gasteiger partial charge on any atom is 0.252 e. The lowest BCUT2D eigenvalue weighted by Gasteiger charge is -2.27. The van der Waals surface area contributed by atoms with Crippen LogP contribution >= 0.6 is 28.6 Å². The second kappa shape index (κ2) is 6.11. The van der Waals surface area contributed by atoms with Crippen LogP contribution in [-0.2, 0) is 0 Å². The van der Waals surface area contributed by atoms with E-state index in [4.69, 9.17) is 0 Å². The number of hydrogen-bond donors (Lipinski definition) is 2. The van der Waals surface area contributed by atoms with Gasteiger partial charge in [0, 0.05) is 15.4 Å². The average molecular weight is 328 g/mol. The zero-order valence-electron chi connectivity index (χ0n) is 10.4. The molecule has 18 heavy (non-hydrogen) atoms. The lowest BCUT2D eigenvalue weighted by atomic mass is 9.87. The predicted molar refractivity (Wildman–Crippen MR) is 80.3 cm³/mol. The van der Waals surface area contributed by atoms with E-state index in [1.54, 1.807) is 6.07 Å². The predicted octanol–water partition coefficient (Wildman–Crippen LogP) is 4.05. The van der Waals surface area contributed by atoms with Gasteiger partial charge in [-0.1, -0.05) is 19.8 Å². The van der Waals surface area contributed by atoms with E-state index >= 15 is 0 Å². The van der Waals surface area contributed by atoms with Gasteiger partial charge < -0.3 is 5.32 Å². The summed E-state index contributed by atoms with van der Waals surface area (Å²) in [5.74, 6) is 0.709. The van der Waals surface area contributed by atoms with Gasteiger partial charge in [0.1, 0.15) is 0 Å². The molecule has 1 aliphatic rings. The van der Waals surface area contributed by atoms with E-state index in [-0.39, 0.29) is 5.91 Å².